The standard InChI is InChI=1S/C17H25N3O/c1-15-6-2-3-7-16(15)19-12-10-18(11-13-19)14-17(21)20-8-4-5-9-20/h2-3,6-7H,4-5,8-14H2,1H3. The SMILES string of the molecule is Cc1ccccc1N1CCN(CC(=O)N2CCCC2)CC1. The van der Waals surface area contributed by atoms with E-state index in [2.05, 4.69) is 41.0 Å². The molecule has 21 heavy (non-hydrogen) atoms. The summed E-state index contributed by atoms with van der Waals surface area (Å²) in [4.78, 5) is 18.9. The van der Waals surface area contributed by atoms with Gasteiger partial charge in [-0.05, 0) is 31.4 Å². The fourth-order valence-corrected chi connectivity index (χ4v) is 3.32. The number of rotatable bonds is 3. The van der Waals surface area contributed by atoms with E-state index in [9.17, 15) is 4.79 Å². The molecule has 0 N–H and O–H groups in total. The summed E-state index contributed by atoms with van der Waals surface area (Å²) < 4.78 is 0. The first kappa shape index (κ1) is 14.4. The summed E-state index contributed by atoms with van der Waals surface area (Å²) in [5.74, 6) is 0.317. The summed E-state index contributed by atoms with van der Waals surface area (Å²) in [6, 6.07) is 8.55. The van der Waals surface area contributed by atoms with Gasteiger partial charge < -0.3 is 9.80 Å². The van der Waals surface area contributed by atoms with Crippen LogP contribution in [0.5, 0.6) is 0 Å². The van der Waals surface area contributed by atoms with Gasteiger partial charge in [0.2, 0.25) is 5.91 Å². The topological polar surface area (TPSA) is 26.8 Å². The predicted octanol–water partition coefficient (Wildman–Crippen LogP) is 1.74. The maximum Gasteiger partial charge on any atom is 0.236 e. The van der Waals surface area contributed by atoms with E-state index in [0.717, 1.165) is 39.3 Å². The summed E-state index contributed by atoms with van der Waals surface area (Å²) in [5, 5.41) is 0. The average Bonchev–Trinajstić information content (AvgIpc) is 3.03. The van der Waals surface area contributed by atoms with Crippen LogP contribution in [-0.4, -0.2) is 61.5 Å². The fraction of sp³-hybridized carbons (Fsp3) is 0.588. The summed E-state index contributed by atoms with van der Waals surface area (Å²) in [7, 11) is 0. The van der Waals surface area contributed by atoms with Gasteiger partial charge in [-0.15, -0.1) is 0 Å². The van der Waals surface area contributed by atoms with Gasteiger partial charge >= 0.3 is 0 Å². The minimum Gasteiger partial charge on any atom is -0.369 e. The largest absolute Gasteiger partial charge is 0.369 e. The van der Waals surface area contributed by atoms with Crippen molar-refractivity contribution in [3.63, 3.8) is 0 Å². The van der Waals surface area contributed by atoms with Crippen LogP contribution < -0.4 is 4.90 Å². The summed E-state index contributed by atoms with van der Waals surface area (Å²) in [6.45, 7) is 8.67. The van der Waals surface area contributed by atoms with Crippen molar-refractivity contribution in [1.82, 2.24) is 9.80 Å². The Kier molecular flexibility index (Phi) is 4.44. The number of amides is 1. The molecule has 0 aliphatic carbocycles. The number of benzene rings is 1. The third kappa shape index (κ3) is 3.38. The smallest absolute Gasteiger partial charge is 0.236 e. The molecule has 2 aliphatic heterocycles. The molecule has 2 heterocycles. The van der Waals surface area contributed by atoms with E-state index >= 15 is 0 Å². The molecule has 1 aromatic carbocycles. The lowest BCUT2D eigenvalue weighted by Crippen LogP contribution is -2.50. The lowest BCUT2D eigenvalue weighted by molar-refractivity contribution is -0.131. The molecule has 1 aromatic rings. The van der Waals surface area contributed by atoms with Crippen molar-refractivity contribution in [2.75, 3.05) is 50.7 Å². The van der Waals surface area contributed by atoms with Crippen LogP contribution >= 0.6 is 0 Å². The van der Waals surface area contributed by atoms with Crippen LogP contribution in [0.4, 0.5) is 5.69 Å². The maximum atomic E-state index is 12.2. The number of para-hydroxylation sites is 1. The fourth-order valence-electron chi connectivity index (χ4n) is 3.32. The minimum atomic E-state index is 0.317. The van der Waals surface area contributed by atoms with Crippen molar-refractivity contribution in [3.05, 3.63) is 29.8 Å². The predicted molar refractivity (Wildman–Crippen MR) is 85.6 cm³/mol. The average molecular weight is 287 g/mol. The Morgan fingerprint density at radius 1 is 1.00 bits per heavy atom. The molecule has 3 rings (SSSR count). The molecule has 0 atom stereocenters. The van der Waals surface area contributed by atoms with Gasteiger partial charge in [0.15, 0.2) is 0 Å². The van der Waals surface area contributed by atoms with Crippen molar-refractivity contribution in [3.8, 4) is 0 Å². The van der Waals surface area contributed by atoms with E-state index in [1.165, 1.54) is 24.1 Å². The molecule has 4 heteroatoms. The van der Waals surface area contributed by atoms with Crippen molar-refractivity contribution in [2.45, 2.75) is 19.8 Å². The van der Waals surface area contributed by atoms with E-state index < -0.39 is 0 Å². The Morgan fingerprint density at radius 2 is 1.67 bits per heavy atom. The normalized spacial score (nSPS) is 20.0. The number of hydrogen-bond donors (Lipinski definition) is 0. The molecule has 0 saturated carbocycles. The molecular weight excluding hydrogens is 262 g/mol. The third-order valence-corrected chi connectivity index (χ3v) is 4.65. The monoisotopic (exact) mass is 287 g/mol. The highest BCUT2D eigenvalue weighted by Crippen LogP contribution is 2.20. The molecule has 0 spiro atoms. The van der Waals surface area contributed by atoms with Gasteiger partial charge in [-0.1, -0.05) is 18.2 Å². The number of carbonyl (C=O) groups excluding carboxylic acids is 1. The van der Waals surface area contributed by atoms with Crippen molar-refractivity contribution in [2.24, 2.45) is 0 Å². The molecule has 0 unspecified atom stereocenters. The van der Waals surface area contributed by atoms with Crippen LogP contribution in [0.3, 0.4) is 0 Å². The maximum absolute atomic E-state index is 12.2. The van der Waals surface area contributed by atoms with Gasteiger partial charge in [0, 0.05) is 45.0 Å². The summed E-state index contributed by atoms with van der Waals surface area (Å²) in [6.07, 6.45) is 2.35. The first-order valence-electron chi connectivity index (χ1n) is 8.05. The van der Waals surface area contributed by atoms with Gasteiger partial charge in [0.25, 0.3) is 0 Å². The molecule has 2 aliphatic rings. The summed E-state index contributed by atoms with van der Waals surface area (Å²) >= 11 is 0. The van der Waals surface area contributed by atoms with Gasteiger partial charge in [-0.25, -0.2) is 0 Å². The van der Waals surface area contributed by atoms with Crippen LogP contribution in [-0.2, 0) is 4.79 Å². The molecule has 4 nitrogen and oxygen atoms in total. The zero-order valence-corrected chi connectivity index (χ0v) is 12.9. The zero-order chi connectivity index (χ0) is 14.7. The van der Waals surface area contributed by atoms with Gasteiger partial charge in [0.1, 0.15) is 0 Å². The number of nitrogens with zero attached hydrogens (tertiary/aromatic N) is 3. The van der Waals surface area contributed by atoms with Crippen LogP contribution in [0.1, 0.15) is 18.4 Å². The van der Waals surface area contributed by atoms with Gasteiger partial charge in [-0.3, -0.25) is 9.69 Å². The van der Waals surface area contributed by atoms with Crippen LogP contribution in [0.25, 0.3) is 0 Å². The number of aryl methyl sites for hydroxylation is 1. The number of carbonyl (C=O) groups is 1. The van der Waals surface area contributed by atoms with E-state index in [0.29, 0.717) is 12.5 Å². The third-order valence-electron chi connectivity index (χ3n) is 4.65. The van der Waals surface area contributed by atoms with E-state index in [-0.39, 0.29) is 0 Å². The molecule has 2 fully saturated rings. The molecule has 0 aromatic heterocycles. The van der Waals surface area contributed by atoms with Gasteiger partial charge in [-0.2, -0.15) is 0 Å². The molecule has 114 valence electrons. The molecule has 0 bridgehead atoms. The zero-order valence-electron chi connectivity index (χ0n) is 12.9. The molecule has 2 saturated heterocycles. The Morgan fingerprint density at radius 3 is 2.33 bits per heavy atom. The van der Waals surface area contributed by atoms with Gasteiger partial charge in [0.05, 0.1) is 6.54 Å². The Balaban J connectivity index is 1.51. The van der Waals surface area contributed by atoms with Crippen molar-refractivity contribution in [1.29, 1.82) is 0 Å². The first-order valence-corrected chi connectivity index (χ1v) is 8.05. The second-order valence-corrected chi connectivity index (χ2v) is 6.14. The van der Waals surface area contributed by atoms with E-state index in [1.807, 2.05) is 4.90 Å². The molecular formula is C17H25N3O. The highest BCUT2D eigenvalue weighted by Gasteiger charge is 2.23. The van der Waals surface area contributed by atoms with Crippen molar-refractivity contribution >= 4 is 11.6 Å². The lowest BCUT2D eigenvalue weighted by atomic mass is 10.1. The highest BCUT2D eigenvalue weighted by atomic mass is 16.2. The highest BCUT2D eigenvalue weighted by molar-refractivity contribution is 5.78. The minimum absolute atomic E-state index is 0.317. The van der Waals surface area contributed by atoms with Crippen LogP contribution in [0.2, 0.25) is 0 Å². The molecule has 0 radical (unpaired) electrons. The van der Waals surface area contributed by atoms with Crippen LogP contribution in [0, 0.1) is 6.92 Å². The second kappa shape index (κ2) is 6.48. The Bertz CT molecular complexity index is 489. The number of anilines is 1. The van der Waals surface area contributed by atoms with E-state index in [4.69, 9.17) is 0 Å². The molecule has 1 amide bonds. The lowest BCUT2D eigenvalue weighted by Gasteiger charge is -2.37. The summed E-state index contributed by atoms with van der Waals surface area (Å²) in [5.41, 5.74) is 2.67. The number of hydrogen-bond acceptors (Lipinski definition) is 3. The Labute approximate surface area is 127 Å². The van der Waals surface area contributed by atoms with E-state index in [1.54, 1.807) is 0 Å². The first-order chi connectivity index (χ1) is 10.2. The van der Waals surface area contributed by atoms with Crippen LogP contribution in [0.15, 0.2) is 24.3 Å². The second-order valence-electron chi connectivity index (χ2n) is 6.14. The number of likely N-dealkylation sites (tertiary alicyclic amines) is 1. The number of piperazine rings is 1. The Hall–Kier alpha value is -1.55. The quantitative estimate of drug-likeness (QED) is 0.847. The van der Waals surface area contributed by atoms with Crippen molar-refractivity contribution < 1.29 is 4.79 Å².